The second-order valence-corrected chi connectivity index (χ2v) is 7.16. The fraction of sp³-hybridized carbons (Fsp3) is 0.381. The van der Waals surface area contributed by atoms with Crippen LogP contribution in [-0.4, -0.2) is 26.6 Å². The summed E-state index contributed by atoms with van der Waals surface area (Å²) in [6.07, 6.45) is 5.17. The molecule has 3 heterocycles. The van der Waals surface area contributed by atoms with Gasteiger partial charge in [0.05, 0.1) is 23.0 Å². The maximum atomic E-state index is 13.2. The van der Waals surface area contributed by atoms with Gasteiger partial charge in [-0.05, 0) is 50.9 Å². The molecule has 0 N–H and O–H groups in total. The van der Waals surface area contributed by atoms with Gasteiger partial charge in [0.2, 0.25) is 0 Å². The predicted molar refractivity (Wildman–Crippen MR) is 100 cm³/mol. The molecule has 1 aliphatic rings. The number of halogens is 1. The van der Waals surface area contributed by atoms with Crippen molar-refractivity contribution < 1.29 is 8.91 Å². The number of aryl methyl sites for hydroxylation is 2. The number of rotatable bonds is 4. The van der Waals surface area contributed by atoms with Gasteiger partial charge in [0.15, 0.2) is 5.76 Å². The molecule has 0 bridgehead atoms. The van der Waals surface area contributed by atoms with E-state index in [1.807, 2.05) is 38.2 Å². The summed E-state index contributed by atoms with van der Waals surface area (Å²) in [6.45, 7) is 5.57. The third-order valence-corrected chi connectivity index (χ3v) is 5.06. The monoisotopic (exact) mass is 366 g/mol. The Hall–Kier alpha value is -2.60. The zero-order valence-corrected chi connectivity index (χ0v) is 15.7. The van der Waals surface area contributed by atoms with Crippen LogP contribution in [0.1, 0.15) is 48.1 Å². The number of hydrogen-bond acceptors (Lipinski definition) is 5. The first-order valence-corrected chi connectivity index (χ1v) is 9.36. The normalized spacial score (nSPS) is 18.0. The van der Waals surface area contributed by atoms with E-state index < -0.39 is 0 Å². The van der Waals surface area contributed by atoms with Crippen molar-refractivity contribution in [1.82, 2.24) is 20.0 Å². The minimum Gasteiger partial charge on any atom is -0.356 e. The van der Waals surface area contributed by atoms with Gasteiger partial charge in [0, 0.05) is 18.8 Å². The number of benzene rings is 1. The van der Waals surface area contributed by atoms with E-state index in [4.69, 9.17) is 9.51 Å². The van der Waals surface area contributed by atoms with E-state index in [0.29, 0.717) is 5.76 Å². The third-order valence-electron chi connectivity index (χ3n) is 5.06. The third kappa shape index (κ3) is 3.90. The zero-order chi connectivity index (χ0) is 18.8. The van der Waals surface area contributed by atoms with Crippen LogP contribution >= 0.6 is 0 Å². The zero-order valence-electron chi connectivity index (χ0n) is 15.7. The first kappa shape index (κ1) is 17.8. The molecule has 1 atom stereocenters. The van der Waals surface area contributed by atoms with E-state index >= 15 is 0 Å². The number of aromatic nitrogens is 3. The maximum absolute atomic E-state index is 13.2. The second kappa shape index (κ2) is 7.56. The summed E-state index contributed by atoms with van der Waals surface area (Å²) in [5, 5.41) is 4.02. The number of piperidine rings is 1. The molecule has 140 valence electrons. The molecule has 4 rings (SSSR count). The molecule has 0 amide bonds. The van der Waals surface area contributed by atoms with Crippen LogP contribution in [0.5, 0.6) is 0 Å². The molecule has 0 spiro atoms. The van der Waals surface area contributed by atoms with Gasteiger partial charge >= 0.3 is 0 Å². The quantitative estimate of drug-likeness (QED) is 0.675. The van der Waals surface area contributed by atoms with Crippen molar-refractivity contribution >= 4 is 0 Å². The van der Waals surface area contributed by atoms with Crippen LogP contribution in [0.3, 0.4) is 0 Å². The average molecular weight is 366 g/mol. The lowest BCUT2D eigenvalue weighted by Gasteiger charge is -2.36. The van der Waals surface area contributed by atoms with E-state index in [1.165, 1.54) is 12.1 Å². The fourth-order valence-corrected chi connectivity index (χ4v) is 3.74. The average Bonchev–Trinajstić information content (AvgIpc) is 3.10. The smallest absolute Gasteiger partial charge is 0.170 e. The number of likely N-dealkylation sites (tertiary alicyclic amines) is 1. The van der Waals surface area contributed by atoms with Crippen molar-refractivity contribution in [2.24, 2.45) is 0 Å². The highest BCUT2D eigenvalue weighted by molar-refractivity contribution is 5.60. The number of nitrogens with zero attached hydrogens (tertiary/aromatic N) is 4. The summed E-state index contributed by atoms with van der Waals surface area (Å²) in [4.78, 5) is 11.6. The lowest BCUT2D eigenvalue weighted by Crippen LogP contribution is -2.34. The van der Waals surface area contributed by atoms with Crippen LogP contribution < -0.4 is 0 Å². The van der Waals surface area contributed by atoms with Crippen molar-refractivity contribution in [3.05, 3.63) is 65.1 Å². The molecule has 1 unspecified atom stereocenters. The molecule has 2 aromatic heterocycles. The summed E-state index contributed by atoms with van der Waals surface area (Å²) in [6, 6.07) is 8.84. The Balaban J connectivity index is 1.69. The van der Waals surface area contributed by atoms with E-state index in [1.54, 1.807) is 0 Å². The summed E-state index contributed by atoms with van der Waals surface area (Å²) >= 11 is 0. The SMILES string of the molecule is Cc1cc(-c2cnc(C)nc2C2CCCCN2Cc2ccc(F)cc2)on1. The Morgan fingerprint density at radius 1 is 1.19 bits per heavy atom. The van der Waals surface area contributed by atoms with Gasteiger partial charge in [-0.1, -0.05) is 23.7 Å². The Morgan fingerprint density at radius 3 is 2.74 bits per heavy atom. The largest absolute Gasteiger partial charge is 0.356 e. The van der Waals surface area contributed by atoms with Crippen molar-refractivity contribution in [2.75, 3.05) is 6.54 Å². The minimum atomic E-state index is -0.205. The van der Waals surface area contributed by atoms with Crippen LogP contribution in [0.15, 0.2) is 41.1 Å². The van der Waals surface area contributed by atoms with Crippen molar-refractivity contribution in [3.63, 3.8) is 0 Å². The van der Waals surface area contributed by atoms with Gasteiger partial charge in [-0.15, -0.1) is 0 Å². The van der Waals surface area contributed by atoms with Crippen molar-refractivity contribution in [1.29, 1.82) is 0 Å². The van der Waals surface area contributed by atoms with Crippen molar-refractivity contribution in [3.8, 4) is 11.3 Å². The summed E-state index contributed by atoms with van der Waals surface area (Å²) in [5.41, 5.74) is 3.83. The van der Waals surface area contributed by atoms with Gasteiger partial charge in [0.1, 0.15) is 11.6 Å². The summed E-state index contributed by atoms with van der Waals surface area (Å²) < 4.78 is 18.7. The Labute approximate surface area is 158 Å². The topological polar surface area (TPSA) is 55.1 Å². The highest BCUT2D eigenvalue weighted by Crippen LogP contribution is 2.36. The molecule has 1 saturated heterocycles. The van der Waals surface area contributed by atoms with E-state index in [9.17, 15) is 4.39 Å². The van der Waals surface area contributed by atoms with Crippen LogP contribution in [0, 0.1) is 19.7 Å². The Morgan fingerprint density at radius 2 is 2.00 bits per heavy atom. The highest BCUT2D eigenvalue weighted by atomic mass is 19.1. The molecule has 1 fully saturated rings. The highest BCUT2D eigenvalue weighted by Gasteiger charge is 2.29. The molecule has 3 aromatic rings. The van der Waals surface area contributed by atoms with Crippen molar-refractivity contribution in [2.45, 2.75) is 45.7 Å². The van der Waals surface area contributed by atoms with Crippen LogP contribution in [0.25, 0.3) is 11.3 Å². The van der Waals surface area contributed by atoms with Crippen LogP contribution in [-0.2, 0) is 6.54 Å². The van der Waals surface area contributed by atoms with Crippen LogP contribution in [0.4, 0.5) is 4.39 Å². The standard InChI is InChI=1S/C21H23FN4O/c1-14-11-20(27-25-14)18-12-23-15(2)24-21(18)19-5-3-4-10-26(19)13-16-6-8-17(22)9-7-16/h6-9,11-12,19H,3-5,10,13H2,1-2H3. The first-order valence-electron chi connectivity index (χ1n) is 9.36. The predicted octanol–water partition coefficient (Wildman–Crippen LogP) is 4.61. The maximum Gasteiger partial charge on any atom is 0.170 e. The molecule has 1 aromatic carbocycles. The molecular formula is C21H23FN4O. The summed E-state index contributed by atoms with van der Waals surface area (Å²) in [7, 11) is 0. The fourth-order valence-electron chi connectivity index (χ4n) is 3.74. The number of hydrogen-bond donors (Lipinski definition) is 0. The first-order chi connectivity index (χ1) is 13.1. The van der Waals surface area contributed by atoms with E-state index in [2.05, 4.69) is 15.0 Å². The molecule has 5 nitrogen and oxygen atoms in total. The van der Waals surface area contributed by atoms with Gasteiger partial charge in [-0.3, -0.25) is 4.90 Å². The summed E-state index contributed by atoms with van der Waals surface area (Å²) in [5.74, 6) is 1.25. The molecule has 0 aliphatic carbocycles. The van der Waals surface area contributed by atoms with Gasteiger partial charge in [-0.2, -0.15) is 0 Å². The van der Waals surface area contributed by atoms with E-state index in [-0.39, 0.29) is 11.9 Å². The lowest BCUT2D eigenvalue weighted by molar-refractivity contribution is 0.137. The van der Waals surface area contributed by atoms with Crippen LogP contribution in [0.2, 0.25) is 0 Å². The Bertz CT molecular complexity index is 922. The van der Waals surface area contributed by atoms with Gasteiger partial charge in [-0.25, -0.2) is 14.4 Å². The van der Waals surface area contributed by atoms with E-state index in [0.717, 1.165) is 60.7 Å². The minimum absolute atomic E-state index is 0.172. The molecule has 0 radical (unpaired) electrons. The molecule has 27 heavy (non-hydrogen) atoms. The van der Waals surface area contributed by atoms with Gasteiger partial charge in [0.25, 0.3) is 0 Å². The Kier molecular flexibility index (Phi) is 4.99. The molecular weight excluding hydrogens is 343 g/mol. The molecule has 6 heteroatoms. The lowest BCUT2D eigenvalue weighted by atomic mass is 9.95. The van der Waals surface area contributed by atoms with Gasteiger partial charge < -0.3 is 4.52 Å². The molecule has 0 saturated carbocycles. The molecule has 1 aliphatic heterocycles. The second-order valence-electron chi connectivity index (χ2n) is 7.16.